The van der Waals surface area contributed by atoms with Gasteiger partial charge in [-0.3, -0.25) is 9.59 Å². The summed E-state index contributed by atoms with van der Waals surface area (Å²) < 4.78 is 0.761. The number of rotatable bonds is 5. The van der Waals surface area contributed by atoms with Crippen LogP contribution in [-0.4, -0.2) is 27.8 Å². The maximum atomic E-state index is 12.2. The van der Waals surface area contributed by atoms with Gasteiger partial charge in [-0.1, -0.05) is 30.0 Å². The Morgan fingerprint density at radius 1 is 1.38 bits per heavy atom. The van der Waals surface area contributed by atoms with E-state index in [1.54, 1.807) is 0 Å². The molecule has 0 saturated carbocycles. The van der Waals surface area contributed by atoms with Gasteiger partial charge < -0.3 is 11.1 Å². The van der Waals surface area contributed by atoms with Crippen LogP contribution in [0.5, 0.6) is 0 Å². The molecule has 0 saturated heterocycles. The predicted molar refractivity (Wildman–Crippen MR) is 98.0 cm³/mol. The van der Waals surface area contributed by atoms with Gasteiger partial charge in [0.05, 0.1) is 11.3 Å². The number of amides is 2. The first-order valence-corrected chi connectivity index (χ1v) is 10.2. The maximum absolute atomic E-state index is 12.2. The van der Waals surface area contributed by atoms with Crippen molar-refractivity contribution in [1.29, 1.82) is 0 Å². The number of hydrogen-bond acceptors (Lipinski definition) is 7. The highest BCUT2D eigenvalue weighted by atomic mass is 32.2. The molecule has 2 amide bonds. The third-order valence-electron chi connectivity index (χ3n) is 3.85. The number of nitrogens with zero attached hydrogens (tertiary/aromatic N) is 2. The summed E-state index contributed by atoms with van der Waals surface area (Å²) in [5.41, 5.74) is 7.07. The molecule has 0 fully saturated rings. The predicted octanol–water partition coefficient (Wildman–Crippen LogP) is 2.86. The number of aryl methyl sites for hydroxylation is 1. The van der Waals surface area contributed by atoms with E-state index in [2.05, 4.69) is 22.4 Å². The number of hydrogen-bond donors (Lipinski definition) is 2. The lowest BCUT2D eigenvalue weighted by Gasteiger charge is -2.18. The summed E-state index contributed by atoms with van der Waals surface area (Å²) in [4.78, 5) is 25.3. The molecule has 6 nitrogen and oxygen atoms in total. The Balaban J connectivity index is 1.72. The number of anilines is 1. The SMILES string of the molecule is Cc1nnc(SCC(=O)Nc2sc3c(c2C(N)=O)CCC(C)C3)s1. The Hall–Kier alpha value is -1.45. The number of aromatic nitrogens is 2. The zero-order chi connectivity index (χ0) is 17.3. The van der Waals surface area contributed by atoms with E-state index < -0.39 is 5.91 Å². The van der Waals surface area contributed by atoms with Crippen molar-refractivity contribution >= 4 is 51.3 Å². The van der Waals surface area contributed by atoms with Gasteiger partial charge in [0.1, 0.15) is 10.0 Å². The molecule has 1 aliphatic carbocycles. The monoisotopic (exact) mass is 382 g/mol. The van der Waals surface area contributed by atoms with E-state index in [1.165, 1.54) is 39.3 Å². The number of nitrogens with two attached hydrogens (primary N) is 1. The van der Waals surface area contributed by atoms with Crippen LogP contribution in [0.1, 0.15) is 39.2 Å². The average molecular weight is 383 g/mol. The Morgan fingerprint density at radius 2 is 2.17 bits per heavy atom. The van der Waals surface area contributed by atoms with Crippen LogP contribution < -0.4 is 11.1 Å². The minimum absolute atomic E-state index is 0.165. The number of primary amides is 1. The van der Waals surface area contributed by atoms with Crippen LogP contribution in [0.15, 0.2) is 4.34 Å². The van der Waals surface area contributed by atoms with Gasteiger partial charge in [0.2, 0.25) is 5.91 Å². The Morgan fingerprint density at radius 3 is 2.83 bits per heavy atom. The van der Waals surface area contributed by atoms with Crippen LogP contribution in [-0.2, 0) is 17.6 Å². The van der Waals surface area contributed by atoms with E-state index in [0.717, 1.165) is 34.2 Å². The molecule has 3 N–H and O–H groups in total. The first-order valence-electron chi connectivity index (χ1n) is 7.61. The van der Waals surface area contributed by atoms with Crippen molar-refractivity contribution in [3.05, 3.63) is 21.0 Å². The second-order valence-electron chi connectivity index (χ2n) is 5.84. The topological polar surface area (TPSA) is 98.0 Å². The molecule has 9 heteroatoms. The number of nitrogens with one attached hydrogen (secondary N) is 1. The van der Waals surface area contributed by atoms with Gasteiger partial charge in [-0.05, 0) is 37.7 Å². The van der Waals surface area contributed by atoms with E-state index in [1.807, 2.05) is 6.92 Å². The van der Waals surface area contributed by atoms with Crippen molar-refractivity contribution in [3.8, 4) is 0 Å². The Bertz CT molecular complexity index is 784. The average Bonchev–Trinajstić information content (AvgIpc) is 3.07. The summed E-state index contributed by atoms with van der Waals surface area (Å²) in [6.45, 7) is 4.07. The molecule has 2 aromatic rings. The van der Waals surface area contributed by atoms with Crippen molar-refractivity contribution in [2.75, 3.05) is 11.1 Å². The summed E-state index contributed by atoms with van der Waals surface area (Å²) >= 11 is 4.28. The van der Waals surface area contributed by atoms with Crippen molar-refractivity contribution in [2.45, 2.75) is 37.4 Å². The lowest BCUT2D eigenvalue weighted by molar-refractivity contribution is -0.113. The lowest BCUT2D eigenvalue weighted by Crippen LogP contribution is -2.20. The van der Waals surface area contributed by atoms with E-state index in [-0.39, 0.29) is 11.7 Å². The van der Waals surface area contributed by atoms with Crippen LogP contribution in [0.4, 0.5) is 5.00 Å². The fourth-order valence-corrected chi connectivity index (χ4v) is 5.77. The molecule has 3 rings (SSSR count). The first-order chi connectivity index (χ1) is 11.4. The van der Waals surface area contributed by atoms with Crippen LogP contribution in [0.25, 0.3) is 0 Å². The molecular formula is C15H18N4O2S3. The molecule has 24 heavy (non-hydrogen) atoms. The lowest BCUT2D eigenvalue weighted by atomic mass is 9.88. The van der Waals surface area contributed by atoms with Gasteiger partial charge in [0, 0.05) is 4.88 Å². The second kappa shape index (κ2) is 7.20. The summed E-state index contributed by atoms with van der Waals surface area (Å²) in [6.07, 6.45) is 2.83. The highest BCUT2D eigenvalue weighted by Crippen LogP contribution is 2.39. The van der Waals surface area contributed by atoms with Crippen molar-refractivity contribution in [1.82, 2.24) is 10.2 Å². The molecule has 0 aromatic carbocycles. The summed E-state index contributed by atoms with van der Waals surface area (Å²) in [7, 11) is 0. The number of thioether (sulfide) groups is 1. The molecule has 1 aliphatic rings. The minimum atomic E-state index is -0.468. The van der Waals surface area contributed by atoms with Gasteiger partial charge in [-0.15, -0.1) is 21.5 Å². The summed E-state index contributed by atoms with van der Waals surface area (Å²) in [6, 6.07) is 0. The van der Waals surface area contributed by atoms with Crippen LogP contribution in [0.2, 0.25) is 0 Å². The fourth-order valence-electron chi connectivity index (χ4n) is 2.73. The van der Waals surface area contributed by atoms with E-state index in [4.69, 9.17) is 5.73 Å². The largest absolute Gasteiger partial charge is 0.365 e. The molecule has 2 aromatic heterocycles. The number of carbonyl (C=O) groups is 2. The van der Waals surface area contributed by atoms with Gasteiger partial charge in [0.15, 0.2) is 4.34 Å². The van der Waals surface area contributed by atoms with Crippen LogP contribution in [0, 0.1) is 12.8 Å². The molecule has 0 aliphatic heterocycles. The second-order valence-corrected chi connectivity index (χ2v) is 9.35. The van der Waals surface area contributed by atoms with E-state index >= 15 is 0 Å². The molecule has 2 heterocycles. The van der Waals surface area contributed by atoms with Crippen molar-refractivity contribution in [3.63, 3.8) is 0 Å². The number of carbonyl (C=O) groups excluding carboxylic acids is 2. The number of thiophene rings is 1. The Labute approximate surface area is 152 Å². The highest BCUT2D eigenvalue weighted by Gasteiger charge is 2.27. The van der Waals surface area contributed by atoms with Gasteiger partial charge in [-0.25, -0.2) is 0 Å². The van der Waals surface area contributed by atoms with Crippen LogP contribution in [0.3, 0.4) is 0 Å². The normalized spacial score (nSPS) is 16.7. The number of fused-ring (bicyclic) bond motifs is 1. The maximum Gasteiger partial charge on any atom is 0.251 e. The van der Waals surface area contributed by atoms with Gasteiger partial charge in [0.25, 0.3) is 5.91 Å². The zero-order valence-corrected chi connectivity index (χ0v) is 15.9. The third kappa shape index (κ3) is 3.79. The van der Waals surface area contributed by atoms with E-state index in [9.17, 15) is 9.59 Å². The van der Waals surface area contributed by atoms with Crippen LogP contribution >= 0.6 is 34.4 Å². The molecule has 1 unspecified atom stereocenters. The third-order valence-corrected chi connectivity index (χ3v) is 6.99. The minimum Gasteiger partial charge on any atom is -0.365 e. The van der Waals surface area contributed by atoms with Gasteiger partial charge >= 0.3 is 0 Å². The molecular weight excluding hydrogens is 364 g/mol. The van der Waals surface area contributed by atoms with Crippen molar-refractivity contribution in [2.24, 2.45) is 11.7 Å². The first kappa shape index (κ1) is 17.4. The Kier molecular flexibility index (Phi) is 5.21. The zero-order valence-electron chi connectivity index (χ0n) is 13.4. The fraction of sp³-hybridized carbons (Fsp3) is 0.467. The van der Waals surface area contributed by atoms with Crippen molar-refractivity contribution < 1.29 is 9.59 Å². The molecule has 1 atom stereocenters. The smallest absolute Gasteiger partial charge is 0.251 e. The molecule has 0 spiro atoms. The summed E-state index contributed by atoms with van der Waals surface area (Å²) in [5, 5.41) is 12.2. The highest BCUT2D eigenvalue weighted by molar-refractivity contribution is 8.01. The molecule has 128 valence electrons. The summed E-state index contributed by atoms with van der Waals surface area (Å²) in [5.74, 6) is 0.189. The molecule has 0 radical (unpaired) electrons. The molecule has 0 bridgehead atoms. The standard InChI is InChI=1S/C15H18N4O2S3/c1-7-3-4-9-10(5-7)24-14(12(9)13(16)21)17-11(20)6-22-15-19-18-8(2)23-15/h7H,3-6H2,1-2H3,(H2,16,21)(H,17,20). The van der Waals surface area contributed by atoms with E-state index in [0.29, 0.717) is 16.5 Å². The van der Waals surface area contributed by atoms with Gasteiger partial charge in [-0.2, -0.15) is 0 Å². The quantitative estimate of drug-likeness (QED) is 0.775.